The molecule has 0 amide bonds. The van der Waals surface area contributed by atoms with Gasteiger partial charge >= 0.3 is 0 Å². The molecule has 2 heterocycles. The fraction of sp³-hybridized carbons (Fsp3) is 0.500. The summed E-state index contributed by atoms with van der Waals surface area (Å²) in [6, 6.07) is 3.30. The van der Waals surface area contributed by atoms with E-state index in [-0.39, 0.29) is 24.0 Å². The number of nitriles is 1. The fourth-order valence-electron chi connectivity index (χ4n) is 3.49. The van der Waals surface area contributed by atoms with Gasteiger partial charge in [-0.05, 0) is 37.8 Å². The molecule has 2 bridgehead atoms. The first kappa shape index (κ1) is 14.4. The number of halogens is 2. The van der Waals surface area contributed by atoms with E-state index in [4.69, 9.17) is 5.26 Å². The molecular formula is C14H13F2NO3S. The molecule has 0 saturated carbocycles. The molecule has 21 heavy (non-hydrogen) atoms. The monoisotopic (exact) mass is 313 g/mol. The fourth-order valence-corrected chi connectivity index (χ4v) is 5.98. The van der Waals surface area contributed by atoms with Crippen LogP contribution in [-0.4, -0.2) is 24.0 Å². The van der Waals surface area contributed by atoms with Gasteiger partial charge in [0.1, 0.15) is 0 Å². The molecule has 0 radical (unpaired) electrons. The van der Waals surface area contributed by atoms with Crippen LogP contribution in [0.2, 0.25) is 0 Å². The van der Waals surface area contributed by atoms with Crippen LogP contribution < -0.4 is 0 Å². The second-order valence-electron chi connectivity index (χ2n) is 5.77. The second kappa shape index (κ2) is 4.49. The number of sulfone groups is 1. The first-order chi connectivity index (χ1) is 9.78. The lowest BCUT2D eigenvalue weighted by molar-refractivity contribution is 0.0167. The van der Waals surface area contributed by atoms with Crippen molar-refractivity contribution < 1.29 is 22.3 Å². The number of benzene rings is 1. The van der Waals surface area contributed by atoms with E-state index in [1.165, 1.54) is 0 Å². The number of rotatable bonds is 1. The van der Waals surface area contributed by atoms with Crippen LogP contribution in [0.5, 0.6) is 0 Å². The number of aliphatic hydroxyl groups is 1. The smallest absolute Gasteiger partial charge is 0.160 e. The van der Waals surface area contributed by atoms with Gasteiger partial charge in [0.25, 0.3) is 0 Å². The van der Waals surface area contributed by atoms with Crippen LogP contribution in [-0.2, 0) is 15.4 Å². The van der Waals surface area contributed by atoms with Gasteiger partial charge in [-0.15, -0.1) is 0 Å². The second-order valence-corrected chi connectivity index (χ2v) is 8.29. The van der Waals surface area contributed by atoms with E-state index in [0.29, 0.717) is 12.8 Å². The zero-order valence-electron chi connectivity index (χ0n) is 11.0. The van der Waals surface area contributed by atoms with Gasteiger partial charge < -0.3 is 5.11 Å². The molecule has 2 aliphatic rings. The lowest BCUT2D eigenvalue weighted by Gasteiger charge is -2.37. The van der Waals surface area contributed by atoms with Crippen molar-refractivity contribution in [2.45, 2.75) is 41.8 Å². The van der Waals surface area contributed by atoms with Gasteiger partial charge in [0.2, 0.25) is 0 Å². The minimum atomic E-state index is -3.26. The van der Waals surface area contributed by atoms with Crippen molar-refractivity contribution in [3.05, 3.63) is 34.9 Å². The Bertz CT molecular complexity index is 734. The third kappa shape index (κ3) is 2.05. The number of nitrogens with zero attached hydrogens (tertiary/aromatic N) is 1. The average molecular weight is 313 g/mol. The van der Waals surface area contributed by atoms with E-state index in [1.54, 1.807) is 6.07 Å². The zero-order valence-corrected chi connectivity index (χ0v) is 11.8. The molecule has 0 aliphatic carbocycles. The van der Waals surface area contributed by atoms with Crippen LogP contribution in [0.25, 0.3) is 0 Å². The molecule has 2 fully saturated rings. The molecule has 2 saturated heterocycles. The van der Waals surface area contributed by atoms with E-state index in [0.717, 1.165) is 12.1 Å². The SMILES string of the molecule is N#Cc1cc(F)c(F)cc1C1(O)CC2CCC(C1)S2(=O)=O. The lowest BCUT2D eigenvalue weighted by Crippen LogP contribution is -2.43. The molecule has 4 nitrogen and oxygen atoms in total. The van der Waals surface area contributed by atoms with E-state index in [1.807, 2.05) is 0 Å². The van der Waals surface area contributed by atoms with Crippen molar-refractivity contribution in [3.63, 3.8) is 0 Å². The summed E-state index contributed by atoms with van der Waals surface area (Å²) < 4.78 is 50.8. The highest BCUT2D eigenvalue weighted by atomic mass is 32.2. The molecule has 0 aromatic heterocycles. The third-order valence-corrected chi connectivity index (χ3v) is 7.22. The summed E-state index contributed by atoms with van der Waals surface area (Å²) in [6.45, 7) is 0. The zero-order chi connectivity index (χ0) is 15.4. The largest absolute Gasteiger partial charge is 0.385 e. The van der Waals surface area contributed by atoms with Gasteiger partial charge in [-0.25, -0.2) is 17.2 Å². The molecule has 0 spiro atoms. The molecule has 2 unspecified atom stereocenters. The highest BCUT2D eigenvalue weighted by molar-refractivity contribution is 7.93. The Morgan fingerprint density at radius 1 is 1.19 bits per heavy atom. The third-order valence-electron chi connectivity index (χ3n) is 4.55. The summed E-state index contributed by atoms with van der Waals surface area (Å²) >= 11 is 0. The quantitative estimate of drug-likeness (QED) is 0.857. The standard InChI is InChI=1S/C14H13F2NO3S/c15-12-3-8(7-17)11(4-13(12)16)14(18)5-9-1-2-10(6-14)21(9,19)20/h3-4,9-10,18H,1-2,5-6H2. The minimum Gasteiger partial charge on any atom is -0.385 e. The summed E-state index contributed by atoms with van der Waals surface area (Å²) in [4.78, 5) is 0. The molecular weight excluding hydrogens is 300 g/mol. The maximum Gasteiger partial charge on any atom is 0.160 e. The van der Waals surface area contributed by atoms with Crippen molar-refractivity contribution >= 4 is 9.84 Å². The lowest BCUT2D eigenvalue weighted by atomic mass is 9.83. The molecule has 2 atom stereocenters. The average Bonchev–Trinajstić information content (AvgIpc) is 2.61. The Hall–Kier alpha value is -1.52. The molecule has 7 heteroatoms. The van der Waals surface area contributed by atoms with Crippen LogP contribution >= 0.6 is 0 Å². The summed E-state index contributed by atoms with van der Waals surface area (Å²) in [5, 5.41) is 18.5. The number of hydrogen-bond donors (Lipinski definition) is 1. The van der Waals surface area contributed by atoms with Crippen LogP contribution in [0.3, 0.4) is 0 Å². The number of fused-ring (bicyclic) bond motifs is 2. The van der Waals surface area contributed by atoms with Gasteiger partial charge in [0, 0.05) is 5.56 Å². The van der Waals surface area contributed by atoms with E-state index in [2.05, 4.69) is 0 Å². The van der Waals surface area contributed by atoms with Gasteiger partial charge in [0.15, 0.2) is 21.5 Å². The first-order valence-electron chi connectivity index (χ1n) is 6.62. The first-order valence-corrected chi connectivity index (χ1v) is 8.23. The van der Waals surface area contributed by atoms with Crippen LogP contribution in [0.4, 0.5) is 8.78 Å². The highest BCUT2D eigenvalue weighted by Crippen LogP contribution is 2.48. The Kier molecular flexibility index (Phi) is 3.08. The van der Waals surface area contributed by atoms with Gasteiger partial charge in [-0.1, -0.05) is 0 Å². The van der Waals surface area contributed by atoms with Crippen molar-refractivity contribution in [3.8, 4) is 6.07 Å². The Morgan fingerprint density at radius 2 is 1.71 bits per heavy atom. The van der Waals surface area contributed by atoms with Crippen molar-refractivity contribution in [2.75, 3.05) is 0 Å². The van der Waals surface area contributed by atoms with E-state index >= 15 is 0 Å². The van der Waals surface area contributed by atoms with Crippen molar-refractivity contribution in [2.24, 2.45) is 0 Å². The predicted molar refractivity (Wildman–Crippen MR) is 69.9 cm³/mol. The maximum atomic E-state index is 13.5. The Labute approximate surface area is 120 Å². The topological polar surface area (TPSA) is 78.2 Å². The molecule has 112 valence electrons. The summed E-state index contributed by atoms with van der Waals surface area (Å²) in [5.41, 5.74) is -1.78. The van der Waals surface area contributed by atoms with Gasteiger partial charge in [-0.2, -0.15) is 5.26 Å². The van der Waals surface area contributed by atoms with Crippen molar-refractivity contribution in [1.29, 1.82) is 5.26 Å². The van der Waals surface area contributed by atoms with Crippen LogP contribution in [0, 0.1) is 23.0 Å². The molecule has 1 N–H and O–H groups in total. The minimum absolute atomic E-state index is 0.0179. The van der Waals surface area contributed by atoms with Crippen molar-refractivity contribution in [1.82, 2.24) is 0 Å². The van der Waals surface area contributed by atoms with E-state index < -0.39 is 37.6 Å². The highest BCUT2D eigenvalue weighted by Gasteiger charge is 2.53. The summed E-state index contributed by atoms with van der Waals surface area (Å²) in [7, 11) is -3.26. The normalized spacial score (nSPS) is 33.6. The van der Waals surface area contributed by atoms with Crippen LogP contribution in [0.15, 0.2) is 12.1 Å². The summed E-state index contributed by atoms with van der Waals surface area (Å²) in [5.74, 6) is -2.32. The molecule has 1 aromatic carbocycles. The molecule has 1 aromatic rings. The molecule has 3 rings (SSSR count). The predicted octanol–water partition coefficient (Wildman–Crippen LogP) is 1.76. The van der Waals surface area contributed by atoms with Gasteiger partial charge in [0.05, 0.1) is 27.7 Å². The molecule has 2 aliphatic heterocycles. The van der Waals surface area contributed by atoms with E-state index in [9.17, 15) is 22.3 Å². The Morgan fingerprint density at radius 3 is 2.24 bits per heavy atom. The van der Waals surface area contributed by atoms with Crippen LogP contribution in [0.1, 0.15) is 36.8 Å². The maximum absolute atomic E-state index is 13.5. The van der Waals surface area contributed by atoms with Gasteiger partial charge in [-0.3, -0.25) is 0 Å². The summed E-state index contributed by atoms with van der Waals surface area (Å²) in [6.07, 6.45) is 0.763. The number of hydrogen-bond acceptors (Lipinski definition) is 4. The Balaban J connectivity index is 2.10.